The highest BCUT2D eigenvalue weighted by Gasteiger charge is 2.52. The van der Waals surface area contributed by atoms with Crippen molar-refractivity contribution in [2.45, 2.75) is 51.9 Å². The summed E-state index contributed by atoms with van der Waals surface area (Å²) in [6.45, 7) is 9.90. The Kier molecular flexibility index (Phi) is 3.37. The molecule has 0 aromatic carbocycles. The molecule has 104 valence electrons. The lowest BCUT2D eigenvalue weighted by atomic mass is 9.84. The molecule has 1 atom stereocenters. The maximum absolute atomic E-state index is 5.96. The number of rotatable bonds is 2. The zero-order valence-corrected chi connectivity index (χ0v) is 12.2. The molecule has 1 saturated heterocycles. The Morgan fingerprint density at radius 3 is 2.16 bits per heavy atom. The van der Waals surface area contributed by atoms with E-state index < -0.39 is 7.12 Å². The Balaban J connectivity index is 2.32. The molecule has 1 unspecified atom stereocenters. The molecule has 0 bridgehead atoms. The maximum Gasteiger partial charge on any atom is 0.514 e. The SMILES string of the molecule is CC(N)c1nc(B2OC(C)(C)C(C)(C)O2)ccc1N. The summed E-state index contributed by atoms with van der Waals surface area (Å²) >= 11 is 0. The number of anilines is 1. The minimum Gasteiger partial charge on any atom is -0.398 e. The van der Waals surface area contributed by atoms with Crippen molar-refractivity contribution in [1.82, 2.24) is 4.98 Å². The van der Waals surface area contributed by atoms with E-state index in [0.717, 1.165) is 0 Å². The molecule has 0 spiro atoms. The normalized spacial score (nSPS) is 22.5. The Morgan fingerprint density at radius 1 is 1.16 bits per heavy atom. The van der Waals surface area contributed by atoms with E-state index in [1.165, 1.54) is 0 Å². The minimum absolute atomic E-state index is 0.220. The number of nitrogens with zero attached hydrogens (tertiary/aromatic N) is 1. The van der Waals surface area contributed by atoms with Crippen LogP contribution in [0.5, 0.6) is 0 Å². The molecule has 0 radical (unpaired) electrons. The molecule has 0 saturated carbocycles. The Bertz CT molecular complexity index is 473. The average Bonchev–Trinajstić information content (AvgIpc) is 2.48. The van der Waals surface area contributed by atoms with Crippen molar-refractivity contribution in [2.24, 2.45) is 5.73 Å². The first-order valence-corrected chi connectivity index (χ1v) is 6.51. The second-order valence-corrected chi connectivity index (χ2v) is 6.09. The monoisotopic (exact) mass is 263 g/mol. The molecule has 2 rings (SSSR count). The van der Waals surface area contributed by atoms with Crippen LogP contribution in [-0.4, -0.2) is 23.3 Å². The van der Waals surface area contributed by atoms with Gasteiger partial charge in [-0.15, -0.1) is 0 Å². The van der Waals surface area contributed by atoms with E-state index in [2.05, 4.69) is 4.98 Å². The molecule has 0 aliphatic carbocycles. The molecular formula is C13H22BN3O2. The largest absolute Gasteiger partial charge is 0.514 e. The van der Waals surface area contributed by atoms with Crippen molar-refractivity contribution in [3.63, 3.8) is 0 Å². The van der Waals surface area contributed by atoms with Gasteiger partial charge < -0.3 is 20.8 Å². The van der Waals surface area contributed by atoms with Crippen molar-refractivity contribution in [2.75, 3.05) is 5.73 Å². The summed E-state index contributed by atoms with van der Waals surface area (Å²) in [7, 11) is -0.483. The van der Waals surface area contributed by atoms with Crippen molar-refractivity contribution in [1.29, 1.82) is 0 Å². The van der Waals surface area contributed by atoms with Gasteiger partial charge in [0.05, 0.1) is 28.2 Å². The van der Waals surface area contributed by atoms with Crippen molar-refractivity contribution in [3.05, 3.63) is 17.8 Å². The molecular weight excluding hydrogens is 241 g/mol. The predicted molar refractivity (Wildman–Crippen MR) is 77.0 cm³/mol. The van der Waals surface area contributed by atoms with Crippen LogP contribution >= 0.6 is 0 Å². The quantitative estimate of drug-likeness (QED) is 0.777. The molecule has 0 amide bonds. The van der Waals surface area contributed by atoms with E-state index >= 15 is 0 Å². The molecule has 1 aromatic rings. The number of aromatic nitrogens is 1. The number of hydrogen-bond donors (Lipinski definition) is 2. The highest BCUT2D eigenvalue weighted by atomic mass is 16.7. The lowest BCUT2D eigenvalue weighted by molar-refractivity contribution is 0.00578. The summed E-state index contributed by atoms with van der Waals surface area (Å²) in [6, 6.07) is 3.40. The molecule has 6 heteroatoms. The van der Waals surface area contributed by atoms with Crippen LogP contribution in [0.25, 0.3) is 0 Å². The summed E-state index contributed by atoms with van der Waals surface area (Å²) < 4.78 is 11.9. The first kappa shape index (κ1) is 14.3. The summed E-state index contributed by atoms with van der Waals surface area (Å²) in [5.74, 6) is 0. The van der Waals surface area contributed by atoms with Crippen LogP contribution < -0.4 is 17.1 Å². The van der Waals surface area contributed by atoms with Crippen LogP contribution in [0.3, 0.4) is 0 Å². The second kappa shape index (κ2) is 4.47. The van der Waals surface area contributed by atoms with E-state index in [9.17, 15) is 0 Å². The van der Waals surface area contributed by atoms with Crippen molar-refractivity contribution in [3.8, 4) is 0 Å². The van der Waals surface area contributed by atoms with Gasteiger partial charge in [-0.1, -0.05) is 0 Å². The third-order valence-electron chi connectivity index (χ3n) is 3.91. The highest BCUT2D eigenvalue weighted by Crippen LogP contribution is 2.36. The minimum atomic E-state index is -0.483. The van der Waals surface area contributed by atoms with Gasteiger partial charge in [0.1, 0.15) is 0 Å². The lowest BCUT2D eigenvalue weighted by Crippen LogP contribution is -2.41. The van der Waals surface area contributed by atoms with Crippen LogP contribution in [0.2, 0.25) is 0 Å². The molecule has 1 aliphatic rings. The van der Waals surface area contributed by atoms with Crippen LogP contribution in [0.4, 0.5) is 5.69 Å². The summed E-state index contributed by atoms with van der Waals surface area (Å²) in [5.41, 5.74) is 13.0. The molecule has 1 fully saturated rings. The zero-order chi connectivity index (χ0) is 14.4. The number of pyridine rings is 1. The number of nitrogens with two attached hydrogens (primary N) is 2. The average molecular weight is 263 g/mol. The van der Waals surface area contributed by atoms with Crippen LogP contribution in [0.1, 0.15) is 46.4 Å². The smallest absolute Gasteiger partial charge is 0.398 e. The molecule has 1 aromatic heterocycles. The topological polar surface area (TPSA) is 83.4 Å². The van der Waals surface area contributed by atoms with Gasteiger partial charge in [-0.05, 0) is 46.8 Å². The maximum atomic E-state index is 5.96. The third kappa shape index (κ3) is 2.48. The molecule has 4 N–H and O–H groups in total. The van der Waals surface area contributed by atoms with Gasteiger partial charge in [-0.25, -0.2) is 0 Å². The zero-order valence-electron chi connectivity index (χ0n) is 12.2. The summed E-state index contributed by atoms with van der Waals surface area (Å²) in [5, 5.41) is 0. The van der Waals surface area contributed by atoms with E-state index in [0.29, 0.717) is 17.0 Å². The van der Waals surface area contributed by atoms with Gasteiger partial charge >= 0.3 is 7.12 Å². The van der Waals surface area contributed by atoms with E-state index in [1.54, 1.807) is 6.07 Å². The van der Waals surface area contributed by atoms with Gasteiger partial charge in [0.15, 0.2) is 0 Å². The van der Waals surface area contributed by atoms with Gasteiger partial charge in [-0.2, -0.15) is 0 Å². The van der Waals surface area contributed by atoms with E-state index in [4.69, 9.17) is 20.8 Å². The van der Waals surface area contributed by atoms with Crippen molar-refractivity contribution < 1.29 is 9.31 Å². The van der Waals surface area contributed by atoms with Gasteiger partial charge in [-0.3, -0.25) is 4.98 Å². The molecule has 1 aliphatic heterocycles. The fourth-order valence-corrected chi connectivity index (χ4v) is 1.96. The number of hydrogen-bond acceptors (Lipinski definition) is 5. The third-order valence-corrected chi connectivity index (χ3v) is 3.91. The first-order valence-electron chi connectivity index (χ1n) is 6.51. The second-order valence-electron chi connectivity index (χ2n) is 6.09. The molecule has 5 nitrogen and oxygen atoms in total. The fourth-order valence-electron chi connectivity index (χ4n) is 1.96. The standard InChI is InChI=1S/C13H22BN3O2/c1-8(15)11-9(16)6-7-10(17-11)14-18-12(2,3)13(4,5)19-14/h6-8H,15-16H2,1-5H3. The fraction of sp³-hybridized carbons (Fsp3) is 0.615. The molecule has 2 heterocycles. The van der Waals surface area contributed by atoms with Gasteiger partial charge in [0.2, 0.25) is 0 Å². The van der Waals surface area contributed by atoms with E-state index in [1.807, 2.05) is 40.7 Å². The van der Waals surface area contributed by atoms with Gasteiger partial charge in [0, 0.05) is 6.04 Å². The number of nitrogen functional groups attached to an aromatic ring is 1. The Hall–Kier alpha value is -1.11. The first-order chi connectivity index (χ1) is 8.64. The molecule has 19 heavy (non-hydrogen) atoms. The van der Waals surface area contributed by atoms with Crippen LogP contribution in [-0.2, 0) is 9.31 Å². The Morgan fingerprint density at radius 2 is 1.68 bits per heavy atom. The lowest BCUT2D eigenvalue weighted by Gasteiger charge is -2.32. The van der Waals surface area contributed by atoms with Crippen LogP contribution in [0.15, 0.2) is 12.1 Å². The predicted octanol–water partition coefficient (Wildman–Crippen LogP) is 0.983. The summed E-state index contributed by atoms with van der Waals surface area (Å²) in [4.78, 5) is 4.48. The summed E-state index contributed by atoms with van der Waals surface area (Å²) in [6.07, 6.45) is 0. The van der Waals surface area contributed by atoms with Gasteiger partial charge in [0.25, 0.3) is 0 Å². The highest BCUT2D eigenvalue weighted by molar-refractivity contribution is 6.61. The van der Waals surface area contributed by atoms with E-state index in [-0.39, 0.29) is 17.2 Å². The van der Waals surface area contributed by atoms with Crippen molar-refractivity contribution >= 4 is 18.4 Å². The Labute approximate surface area is 114 Å². The van der Waals surface area contributed by atoms with Crippen LogP contribution in [0, 0.1) is 0 Å².